The first-order chi connectivity index (χ1) is 10.0. The first kappa shape index (κ1) is 15.0. The molecule has 0 aliphatic heterocycles. The van der Waals surface area contributed by atoms with Gasteiger partial charge in [0, 0.05) is 30.7 Å². The topological polar surface area (TPSA) is 79.8 Å². The number of aryl methyl sites for hydroxylation is 2. The maximum absolute atomic E-state index is 12.3. The minimum Gasteiger partial charge on any atom is -0.347 e. The molecule has 21 heavy (non-hydrogen) atoms. The van der Waals surface area contributed by atoms with Crippen LogP contribution in [0.25, 0.3) is 0 Å². The van der Waals surface area contributed by atoms with Gasteiger partial charge < -0.3 is 14.9 Å². The average Bonchev–Trinajstić information content (AvgIpc) is 2.89. The van der Waals surface area contributed by atoms with E-state index in [1.807, 2.05) is 17.7 Å². The fourth-order valence-electron chi connectivity index (χ4n) is 2.32. The largest absolute Gasteiger partial charge is 0.347 e. The van der Waals surface area contributed by atoms with Crippen LogP contribution >= 0.6 is 0 Å². The molecule has 0 radical (unpaired) electrons. The van der Waals surface area contributed by atoms with E-state index in [-0.39, 0.29) is 23.1 Å². The Balaban J connectivity index is 2.15. The van der Waals surface area contributed by atoms with E-state index in [2.05, 4.69) is 15.3 Å². The van der Waals surface area contributed by atoms with Gasteiger partial charge >= 0.3 is 0 Å². The number of aromatic amines is 1. The number of amides is 1. The molecule has 2 rings (SSSR count). The Morgan fingerprint density at radius 1 is 1.48 bits per heavy atom. The van der Waals surface area contributed by atoms with Crippen molar-refractivity contribution in [2.24, 2.45) is 0 Å². The van der Waals surface area contributed by atoms with Crippen molar-refractivity contribution < 1.29 is 4.79 Å². The van der Waals surface area contributed by atoms with Gasteiger partial charge in [0.2, 0.25) is 0 Å². The lowest BCUT2D eigenvalue weighted by atomic mass is 10.1. The molecule has 0 aliphatic rings. The predicted octanol–water partition coefficient (Wildman–Crippen LogP) is 1.40. The van der Waals surface area contributed by atoms with Gasteiger partial charge in [0.15, 0.2) is 0 Å². The molecular weight excluding hydrogens is 268 g/mol. The van der Waals surface area contributed by atoms with E-state index in [0.717, 1.165) is 12.1 Å². The zero-order chi connectivity index (χ0) is 15.4. The summed E-state index contributed by atoms with van der Waals surface area (Å²) in [4.78, 5) is 30.9. The van der Waals surface area contributed by atoms with Crippen molar-refractivity contribution in [2.45, 2.75) is 39.8 Å². The number of aromatic nitrogens is 3. The molecule has 2 aromatic rings. The quantitative estimate of drug-likeness (QED) is 0.872. The van der Waals surface area contributed by atoms with Crippen molar-refractivity contribution in [3.05, 3.63) is 52.0 Å². The van der Waals surface area contributed by atoms with E-state index in [1.54, 1.807) is 32.4 Å². The van der Waals surface area contributed by atoms with Crippen molar-refractivity contribution in [1.29, 1.82) is 0 Å². The lowest BCUT2D eigenvalue weighted by Gasteiger charge is -2.18. The molecule has 2 aromatic heterocycles. The Hall–Kier alpha value is -2.37. The van der Waals surface area contributed by atoms with Gasteiger partial charge in [-0.25, -0.2) is 4.98 Å². The summed E-state index contributed by atoms with van der Waals surface area (Å²) in [6.07, 6.45) is 6.02. The van der Waals surface area contributed by atoms with E-state index in [4.69, 9.17) is 0 Å². The predicted molar refractivity (Wildman–Crippen MR) is 80.3 cm³/mol. The molecule has 6 nitrogen and oxygen atoms in total. The SMILES string of the molecule is CCC(Cn1ccnc1)NC(=O)c1c(C)cc(C)[nH]c1=O. The summed E-state index contributed by atoms with van der Waals surface area (Å²) < 4.78 is 1.90. The van der Waals surface area contributed by atoms with Crippen molar-refractivity contribution in [3.8, 4) is 0 Å². The molecule has 2 N–H and O–H groups in total. The molecule has 0 fully saturated rings. The van der Waals surface area contributed by atoms with Crippen LogP contribution in [0, 0.1) is 13.8 Å². The number of H-pyrrole nitrogens is 1. The Kier molecular flexibility index (Phi) is 4.57. The Bertz CT molecular complexity index is 673. The van der Waals surface area contributed by atoms with Crippen molar-refractivity contribution in [1.82, 2.24) is 19.9 Å². The number of rotatable bonds is 5. The van der Waals surface area contributed by atoms with Crippen LogP contribution in [-0.2, 0) is 6.54 Å². The van der Waals surface area contributed by atoms with Crippen molar-refractivity contribution >= 4 is 5.91 Å². The van der Waals surface area contributed by atoms with E-state index >= 15 is 0 Å². The highest BCUT2D eigenvalue weighted by Gasteiger charge is 2.17. The maximum Gasteiger partial charge on any atom is 0.261 e. The van der Waals surface area contributed by atoms with Gasteiger partial charge in [0.05, 0.1) is 6.33 Å². The highest BCUT2D eigenvalue weighted by Crippen LogP contribution is 2.05. The van der Waals surface area contributed by atoms with Crippen LogP contribution in [0.3, 0.4) is 0 Å². The number of hydrogen-bond donors (Lipinski definition) is 2. The van der Waals surface area contributed by atoms with E-state index in [9.17, 15) is 9.59 Å². The lowest BCUT2D eigenvalue weighted by Crippen LogP contribution is -2.40. The molecule has 6 heteroatoms. The Morgan fingerprint density at radius 2 is 2.24 bits per heavy atom. The summed E-state index contributed by atoms with van der Waals surface area (Å²) in [6.45, 7) is 6.19. The van der Waals surface area contributed by atoms with Gasteiger partial charge in [-0.2, -0.15) is 0 Å². The van der Waals surface area contributed by atoms with E-state index < -0.39 is 0 Å². The van der Waals surface area contributed by atoms with Crippen LogP contribution in [0.5, 0.6) is 0 Å². The van der Waals surface area contributed by atoms with Crippen molar-refractivity contribution in [3.63, 3.8) is 0 Å². The van der Waals surface area contributed by atoms with Gasteiger partial charge in [0.25, 0.3) is 11.5 Å². The molecule has 0 aliphatic carbocycles. The second kappa shape index (κ2) is 6.39. The molecule has 112 valence electrons. The normalized spacial score (nSPS) is 12.1. The number of hydrogen-bond acceptors (Lipinski definition) is 3. The second-order valence-corrected chi connectivity index (χ2v) is 5.18. The van der Waals surface area contributed by atoms with Crippen molar-refractivity contribution in [2.75, 3.05) is 0 Å². The van der Waals surface area contributed by atoms with E-state index in [1.165, 1.54) is 0 Å². The molecule has 0 saturated carbocycles. The molecule has 2 heterocycles. The summed E-state index contributed by atoms with van der Waals surface area (Å²) in [5, 5.41) is 2.91. The third kappa shape index (κ3) is 3.59. The van der Waals surface area contributed by atoms with Crippen LogP contribution in [0.15, 0.2) is 29.6 Å². The van der Waals surface area contributed by atoms with Gasteiger partial charge in [-0.15, -0.1) is 0 Å². The minimum atomic E-state index is -0.345. The first-order valence-electron chi connectivity index (χ1n) is 6.98. The highest BCUT2D eigenvalue weighted by atomic mass is 16.2. The molecule has 1 atom stereocenters. The number of nitrogens with zero attached hydrogens (tertiary/aromatic N) is 2. The number of carbonyl (C=O) groups is 1. The lowest BCUT2D eigenvalue weighted by molar-refractivity contribution is 0.0929. The van der Waals surface area contributed by atoms with Crippen LogP contribution < -0.4 is 10.9 Å². The summed E-state index contributed by atoms with van der Waals surface area (Å²) in [7, 11) is 0. The standard InChI is InChI=1S/C15H20N4O2/c1-4-12(8-19-6-5-16-9-19)18-15(21)13-10(2)7-11(3)17-14(13)20/h5-7,9,12H,4,8H2,1-3H3,(H,17,20)(H,18,21). The van der Waals surface area contributed by atoms with Crippen LogP contribution in [0.2, 0.25) is 0 Å². The minimum absolute atomic E-state index is 0.0493. The zero-order valence-electron chi connectivity index (χ0n) is 12.5. The Morgan fingerprint density at radius 3 is 2.81 bits per heavy atom. The van der Waals surface area contributed by atoms with Gasteiger partial charge in [-0.3, -0.25) is 9.59 Å². The number of imidazole rings is 1. The maximum atomic E-state index is 12.3. The highest BCUT2D eigenvalue weighted by molar-refractivity contribution is 5.95. The number of nitrogens with one attached hydrogen (secondary N) is 2. The van der Waals surface area contributed by atoms with Crippen LogP contribution in [-0.4, -0.2) is 26.5 Å². The third-order valence-electron chi connectivity index (χ3n) is 3.41. The first-order valence-corrected chi connectivity index (χ1v) is 6.98. The number of pyridine rings is 1. The molecule has 0 spiro atoms. The molecule has 0 aromatic carbocycles. The van der Waals surface area contributed by atoms with Gasteiger partial charge in [-0.1, -0.05) is 6.92 Å². The molecule has 1 unspecified atom stereocenters. The van der Waals surface area contributed by atoms with Crippen LogP contribution in [0.4, 0.5) is 0 Å². The summed E-state index contributed by atoms with van der Waals surface area (Å²) in [5.74, 6) is -0.333. The summed E-state index contributed by atoms with van der Waals surface area (Å²) in [5.41, 5.74) is 1.28. The molecule has 0 bridgehead atoms. The smallest absolute Gasteiger partial charge is 0.261 e. The van der Waals surface area contributed by atoms with E-state index in [0.29, 0.717) is 12.1 Å². The second-order valence-electron chi connectivity index (χ2n) is 5.18. The average molecular weight is 288 g/mol. The molecule has 0 saturated heterocycles. The zero-order valence-corrected chi connectivity index (χ0v) is 12.5. The molecular formula is C15H20N4O2. The fraction of sp³-hybridized carbons (Fsp3) is 0.400. The number of carbonyl (C=O) groups excluding carboxylic acids is 1. The monoisotopic (exact) mass is 288 g/mol. The molecule has 1 amide bonds. The van der Waals surface area contributed by atoms with Crippen LogP contribution in [0.1, 0.15) is 35.0 Å². The Labute approximate surface area is 123 Å². The summed E-state index contributed by atoms with van der Waals surface area (Å²) in [6, 6.07) is 1.75. The van der Waals surface area contributed by atoms with Gasteiger partial charge in [-0.05, 0) is 31.9 Å². The van der Waals surface area contributed by atoms with Gasteiger partial charge in [0.1, 0.15) is 5.56 Å². The third-order valence-corrected chi connectivity index (χ3v) is 3.41. The fourth-order valence-corrected chi connectivity index (χ4v) is 2.32. The summed E-state index contributed by atoms with van der Waals surface area (Å²) >= 11 is 0.